The van der Waals surface area contributed by atoms with E-state index in [1.54, 1.807) is 0 Å². The largest absolute Gasteiger partial charge is 0.315 e. The zero-order chi connectivity index (χ0) is 12.3. The number of rotatable bonds is 4. The fourth-order valence-corrected chi connectivity index (χ4v) is 4.02. The van der Waals surface area contributed by atoms with Crippen LogP contribution in [0.25, 0.3) is 0 Å². The summed E-state index contributed by atoms with van der Waals surface area (Å²) >= 11 is 0. The van der Waals surface area contributed by atoms with Crippen molar-refractivity contribution in [3.05, 3.63) is 0 Å². The Balaban J connectivity index is 1.98. The molecule has 1 heterocycles. The van der Waals surface area contributed by atoms with Crippen molar-refractivity contribution >= 4 is 0 Å². The van der Waals surface area contributed by atoms with Crippen molar-refractivity contribution in [2.45, 2.75) is 65.0 Å². The summed E-state index contributed by atoms with van der Waals surface area (Å²) < 4.78 is 0. The lowest BCUT2D eigenvalue weighted by Crippen LogP contribution is -2.47. The average Bonchev–Trinajstić information content (AvgIpc) is 2.77. The van der Waals surface area contributed by atoms with E-state index in [0.29, 0.717) is 0 Å². The van der Waals surface area contributed by atoms with Crippen molar-refractivity contribution in [3.8, 4) is 0 Å². The third-order valence-electron chi connectivity index (χ3n) is 4.61. The standard InChI is InChI=1S/C15H30N2/c1-4-7-17(14-5-6-16-11-14)15-9-12(2)8-13(3)10-15/h12-16H,4-11H2,1-3H3. The Labute approximate surface area is 107 Å². The molecule has 0 aromatic rings. The summed E-state index contributed by atoms with van der Waals surface area (Å²) in [7, 11) is 0. The SMILES string of the molecule is CCCN(C1CCNC1)C1CC(C)CC(C)C1. The Morgan fingerprint density at radius 1 is 1.06 bits per heavy atom. The highest BCUT2D eigenvalue weighted by molar-refractivity contribution is 4.88. The van der Waals surface area contributed by atoms with Crippen LogP contribution in [0.5, 0.6) is 0 Å². The van der Waals surface area contributed by atoms with Crippen LogP contribution in [0, 0.1) is 11.8 Å². The first-order valence-electron chi connectivity index (χ1n) is 7.67. The fourth-order valence-electron chi connectivity index (χ4n) is 4.02. The summed E-state index contributed by atoms with van der Waals surface area (Å²) in [5.41, 5.74) is 0. The Hall–Kier alpha value is -0.0800. The lowest BCUT2D eigenvalue weighted by atomic mass is 9.79. The van der Waals surface area contributed by atoms with E-state index < -0.39 is 0 Å². The molecule has 3 unspecified atom stereocenters. The van der Waals surface area contributed by atoms with Gasteiger partial charge < -0.3 is 5.32 Å². The Morgan fingerprint density at radius 2 is 1.76 bits per heavy atom. The second-order valence-corrected chi connectivity index (χ2v) is 6.46. The molecule has 0 radical (unpaired) electrons. The number of hydrogen-bond acceptors (Lipinski definition) is 2. The van der Waals surface area contributed by atoms with Gasteiger partial charge in [-0.25, -0.2) is 0 Å². The summed E-state index contributed by atoms with van der Waals surface area (Å²) in [5.74, 6) is 1.86. The summed E-state index contributed by atoms with van der Waals surface area (Å²) in [6, 6.07) is 1.68. The van der Waals surface area contributed by atoms with Gasteiger partial charge in [0.1, 0.15) is 0 Å². The predicted octanol–water partition coefficient (Wildman–Crippen LogP) is 2.89. The molecule has 17 heavy (non-hydrogen) atoms. The molecule has 0 bridgehead atoms. The molecule has 0 spiro atoms. The van der Waals surface area contributed by atoms with Crippen LogP contribution in [0.1, 0.15) is 52.9 Å². The van der Waals surface area contributed by atoms with E-state index in [9.17, 15) is 0 Å². The molecule has 2 aliphatic rings. The molecule has 2 fully saturated rings. The highest BCUT2D eigenvalue weighted by atomic mass is 15.2. The molecule has 3 atom stereocenters. The molecule has 0 aromatic heterocycles. The lowest BCUT2D eigenvalue weighted by Gasteiger charge is -2.42. The van der Waals surface area contributed by atoms with Gasteiger partial charge >= 0.3 is 0 Å². The van der Waals surface area contributed by atoms with E-state index in [4.69, 9.17) is 0 Å². The molecule has 100 valence electrons. The van der Waals surface area contributed by atoms with Gasteiger partial charge in [-0.3, -0.25) is 4.90 Å². The van der Waals surface area contributed by atoms with Crippen LogP contribution in [-0.4, -0.2) is 36.6 Å². The first-order valence-corrected chi connectivity index (χ1v) is 7.67. The number of nitrogens with one attached hydrogen (secondary N) is 1. The van der Waals surface area contributed by atoms with E-state index in [1.807, 2.05) is 0 Å². The van der Waals surface area contributed by atoms with Crippen molar-refractivity contribution in [2.75, 3.05) is 19.6 Å². The summed E-state index contributed by atoms with van der Waals surface area (Å²) in [6.07, 6.45) is 6.97. The van der Waals surface area contributed by atoms with Gasteiger partial charge in [-0.1, -0.05) is 20.8 Å². The van der Waals surface area contributed by atoms with Gasteiger partial charge in [-0.05, 0) is 57.0 Å². The second kappa shape index (κ2) is 6.19. The molecule has 2 nitrogen and oxygen atoms in total. The molecular weight excluding hydrogens is 208 g/mol. The molecule has 2 heteroatoms. The van der Waals surface area contributed by atoms with Gasteiger partial charge in [-0.2, -0.15) is 0 Å². The molecule has 0 amide bonds. The fraction of sp³-hybridized carbons (Fsp3) is 1.00. The quantitative estimate of drug-likeness (QED) is 0.810. The van der Waals surface area contributed by atoms with Crippen molar-refractivity contribution < 1.29 is 0 Å². The maximum absolute atomic E-state index is 3.53. The minimum atomic E-state index is 0.817. The van der Waals surface area contributed by atoms with Crippen LogP contribution in [0.4, 0.5) is 0 Å². The Kier molecular flexibility index (Phi) is 4.87. The normalized spacial score (nSPS) is 38.8. The molecular formula is C15H30N2. The monoisotopic (exact) mass is 238 g/mol. The molecule has 1 saturated carbocycles. The minimum absolute atomic E-state index is 0.817. The van der Waals surface area contributed by atoms with Gasteiger partial charge in [0, 0.05) is 18.6 Å². The molecule has 1 N–H and O–H groups in total. The predicted molar refractivity (Wildman–Crippen MR) is 74.2 cm³/mol. The zero-order valence-corrected chi connectivity index (χ0v) is 11.9. The van der Waals surface area contributed by atoms with Crippen LogP contribution in [-0.2, 0) is 0 Å². The Morgan fingerprint density at radius 3 is 2.29 bits per heavy atom. The lowest BCUT2D eigenvalue weighted by molar-refractivity contribution is 0.0769. The molecule has 2 rings (SSSR count). The Bertz CT molecular complexity index is 213. The maximum atomic E-state index is 3.53. The van der Waals surface area contributed by atoms with Gasteiger partial charge in [0.05, 0.1) is 0 Å². The second-order valence-electron chi connectivity index (χ2n) is 6.46. The van der Waals surface area contributed by atoms with Gasteiger partial charge in [0.15, 0.2) is 0 Å². The van der Waals surface area contributed by atoms with E-state index in [1.165, 1.54) is 51.7 Å². The van der Waals surface area contributed by atoms with E-state index in [0.717, 1.165) is 23.9 Å². The van der Waals surface area contributed by atoms with Crippen LogP contribution in [0.2, 0.25) is 0 Å². The van der Waals surface area contributed by atoms with E-state index >= 15 is 0 Å². The average molecular weight is 238 g/mol. The molecule has 1 saturated heterocycles. The highest BCUT2D eigenvalue weighted by Gasteiger charge is 2.32. The van der Waals surface area contributed by atoms with Gasteiger partial charge in [-0.15, -0.1) is 0 Å². The third kappa shape index (κ3) is 3.45. The maximum Gasteiger partial charge on any atom is 0.0235 e. The highest BCUT2D eigenvalue weighted by Crippen LogP contribution is 2.33. The summed E-state index contributed by atoms with van der Waals surface area (Å²) in [6.45, 7) is 11.0. The van der Waals surface area contributed by atoms with Crippen LogP contribution in [0.15, 0.2) is 0 Å². The smallest absolute Gasteiger partial charge is 0.0235 e. The first kappa shape index (κ1) is 13.4. The van der Waals surface area contributed by atoms with Crippen LogP contribution < -0.4 is 5.32 Å². The summed E-state index contributed by atoms with van der Waals surface area (Å²) in [5, 5.41) is 3.53. The molecule has 0 aromatic carbocycles. The number of nitrogens with zero attached hydrogens (tertiary/aromatic N) is 1. The van der Waals surface area contributed by atoms with Crippen molar-refractivity contribution in [3.63, 3.8) is 0 Å². The van der Waals surface area contributed by atoms with Crippen molar-refractivity contribution in [1.29, 1.82) is 0 Å². The zero-order valence-electron chi connectivity index (χ0n) is 11.9. The van der Waals surface area contributed by atoms with Gasteiger partial charge in [0.2, 0.25) is 0 Å². The molecule has 1 aliphatic heterocycles. The van der Waals surface area contributed by atoms with Crippen molar-refractivity contribution in [1.82, 2.24) is 10.2 Å². The summed E-state index contributed by atoms with van der Waals surface area (Å²) in [4.78, 5) is 2.84. The topological polar surface area (TPSA) is 15.3 Å². The van der Waals surface area contributed by atoms with Crippen LogP contribution in [0.3, 0.4) is 0 Å². The third-order valence-corrected chi connectivity index (χ3v) is 4.61. The van der Waals surface area contributed by atoms with Crippen molar-refractivity contribution in [2.24, 2.45) is 11.8 Å². The van der Waals surface area contributed by atoms with E-state index in [2.05, 4.69) is 31.0 Å². The first-order chi connectivity index (χ1) is 8.20. The van der Waals surface area contributed by atoms with Gasteiger partial charge in [0.25, 0.3) is 0 Å². The minimum Gasteiger partial charge on any atom is -0.315 e. The molecule has 1 aliphatic carbocycles. The van der Waals surface area contributed by atoms with Crippen LogP contribution >= 0.6 is 0 Å². The number of hydrogen-bond donors (Lipinski definition) is 1. The van der Waals surface area contributed by atoms with E-state index in [-0.39, 0.29) is 0 Å².